The number of nitrogens with zero attached hydrogens (tertiary/aromatic N) is 2. The van der Waals surface area contributed by atoms with Crippen molar-refractivity contribution < 1.29 is 9.84 Å². The SMILES string of the molecule is Cc1cc(O)ccc1Nc1cc(-c2ccc(OCc3ccccc3)nc2)[nH]n1. The van der Waals surface area contributed by atoms with Gasteiger partial charge in [-0.2, -0.15) is 5.10 Å². The Hall–Kier alpha value is -3.80. The second-order valence-corrected chi connectivity index (χ2v) is 6.45. The Morgan fingerprint density at radius 3 is 2.64 bits per heavy atom. The lowest BCUT2D eigenvalue weighted by atomic mass is 10.2. The van der Waals surface area contributed by atoms with Crippen LogP contribution in [-0.4, -0.2) is 20.3 Å². The third-order valence-electron chi connectivity index (χ3n) is 4.33. The topological polar surface area (TPSA) is 83.1 Å². The molecule has 0 fully saturated rings. The average Bonchev–Trinajstić information content (AvgIpc) is 3.18. The van der Waals surface area contributed by atoms with Crippen LogP contribution in [-0.2, 0) is 6.61 Å². The number of anilines is 2. The molecule has 0 aliphatic carbocycles. The van der Waals surface area contributed by atoms with E-state index in [9.17, 15) is 5.11 Å². The molecular weight excluding hydrogens is 352 g/mol. The van der Waals surface area contributed by atoms with E-state index in [-0.39, 0.29) is 5.75 Å². The third kappa shape index (κ3) is 4.12. The predicted octanol–water partition coefficient (Wildman–Crippen LogP) is 4.81. The number of H-pyrrole nitrogens is 1. The Morgan fingerprint density at radius 1 is 1.04 bits per heavy atom. The minimum absolute atomic E-state index is 0.242. The van der Waals surface area contributed by atoms with Crippen LogP contribution in [0.3, 0.4) is 0 Å². The van der Waals surface area contributed by atoms with Crippen molar-refractivity contribution in [3.8, 4) is 22.9 Å². The first kappa shape index (κ1) is 17.6. The van der Waals surface area contributed by atoms with E-state index in [0.717, 1.165) is 28.1 Å². The van der Waals surface area contributed by atoms with E-state index in [1.54, 1.807) is 18.3 Å². The van der Waals surface area contributed by atoms with E-state index in [4.69, 9.17) is 4.74 Å². The number of nitrogens with one attached hydrogen (secondary N) is 2. The molecule has 28 heavy (non-hydrogen) atoms. The summed E-state index contributed by atoms with van der Waals surface area (Å²) in [5, 5.41) is 20.1. The van der Waals surface area contributed by atoms with Crippen LogP contribution in [0.4, 0.5) is 11.5 Å². The third-order valence-corrected chi connectivity index (χ3v) is 4.33. The van der Waals surface area contributed by atoms with E-state index in [1.807, 2.05) is 61.5 Å². The Balaban J connectivity index is 1.42. The largest absolute Gasteiger partial charge is 0.508 e. The average molecular weight is 372 g/mol. The number of benzene rings is 2. The molecule has 2 heterocycles. The molecule has 0 saturated carbocycles. The zero-order chi connectivity index (χ0) is 19.3. The number of aryl methyl sites for hydroxylation is 1. The summed E-state index contributed by atoms with van der Waals surface area (Å²) in [6.45, 7) is 2.41. The van der Waals surface area contributed by atoms with Crippen molar-refractivity contribution in [2.45, 2.75) is 13.5 Å². The maximum atomic E-state index is 9.51. The van der Waals surface area contributed by atoms with Crippen molar-refractivity contribution >= 4 is 11.5 Å². The Morgan fingerprint density at radius 2 is 1.89 bits per heavy atom. The van der Waals surface area contributed by atoms with Gasteiger partial charge in [-0.3, -0.25) is 5.10 Å². The zero-order valence-electron chi connectivity index (χ0n) is 15.4. The van der Waals surface area contributed by atoms with Gasteiger partial charge in [0.05, 0.1) is 5.69 Å². The Labute approximate surface area is 162 Å². The molecule has 0 saturated heterocycles. The van der Waals surface area contributed by atoms with E-state index in [1.165, 1.54) is 0 Å². The number of aromatic amines is 1. The van der Waals surface area contributed by atoms with Crippen molar-refractivity contribution in [3.63, 3.8) is 0 Å². The molecule has 2 aromatic heterocycles. The molecule has 2 aromatic carbocycles. The maximum Gasteiger partial charge on any atom is 0.213 e. The second-order valence-electron chi connectivity index (χ2n) is 6.45. The first-order chi connectivity index (χ1) is 13.7. The van der Waals surface area contributed by atoms with Crippen molar-refractivity contribution in [1.82, 2.24) is 15.2 Å². The van der Waals surface area contributed by atoms with Gasteiger partial charge in [0.25, 0.3) is 0 Å². The highest BCUT2D eigenvalue weighted by atomic mass is 16.5. The fourth-order valence-electron chi connectivity index (χ4n) is 2.82. The first-order valence-corrected chi connectivity index (χ1v) is 8.92. The summed E-state index contributed by atoms with van der Waals surface area (Å²) in [4.78, 5) is 4.37. The lowest BCUT2D eigenvalue weighted by Gasteiger charge is -2.06. The van der Waals surface area contributed by atoms with Crippen molar-refractivity contribution in [3.05, 3.63) is 84.1 Å². The van der Waals surface area contributed by atoms with Gasteiger partial charge in [-0.25, -0.2) is 4.98 Å². The van der Waals surface area contributed by atoms with Gasteiger partial charge in [-0.1, -0.05) is 30.3 Å². The number of hydrogen-bond acceptors (Lipinski definition) is 5. The van der Waals surface area contributed by atoms with E-state index < -0.39 is 0 Å². The number of aromatic nitrogens is 3. The summed E-state index contributed by atoms with van der Waals surface area (Å²) in [5.41, 5.74) is 4.68. The molecule has 0 radical (unpaired) electrons. The van der Waals surface area contributed by atoms with Crippen LogP contribution in [0.2, 0.25) is 0 Å². The summed E-state index contributed by atoms with van der Waals surface area (Å²) >= 11 is 0. The molecule has 0 aliphatic heterocycles. The van der Waals surface area contributed by atoms with Crippen LogP contribution in [0.25, 0.3) is 11.3 Å². The second kappa shape index (κ2) is 7.84. The van der Waals surface area contributed by atoms with Gasteiger partial charge in [0.15, 0.2) is 5.82 Å². The molecule has 0 unspecified atom stereocenters. The number of ether oxygens (including phenoxy) is 1. The normalized spacial score (nSPS) is 10.6. The van der Waals surface area contributed by atoms with Crippen molar-refractivity contribution in [2.24, 2.45) is 0 Å². The van der Waals surface area contributed by atoms with Gasteiger partial charge in [0.1, 0.15) is 12.4 Å². The van der Waals surface area contributed by atoms with Crippen LogP contribution in [0.15, 0.2) is 72.9 Å². The first-order valence-electron chi connectivity index (χ1n) is 8.92. The van der Waals surface area contributed by atoms with Crippen LogP contribution in [0, 0.1) is 6.92 Å². The van der Waals surface area contributed by atoms with Gasteiger partial charge in [0.2, 0.25) is 5.88 Å². The molecule has 0 aliphatic rings. The molecule has 4 aromatic rings. The Bertz CT molecular complexity index is 1060. The highest BCUT2D eigenvalue weighted by molar-refractivity contribution is 5.67. The number of aromatic hydroxyl groups is 1. The van der Waals surface area contributed by atoms with Gasteiger partial charge >= 0.3 is 0 Å². The summed E-state index contributed by atoms with van der Waals surface area (Å²) in [6, 6.07) is 20.8. The number of phenolic OH excluding ortho intramolecular Hbond substituents is 1. The number of phenols is 1. The highest BCUT2D eigenvalue weighted by Crippen LogP contribution is 2.26. The molecule has 140 valence electrons. The molecule has 4 rings (SSSR count). The van der Waals surface area contributed by atoms with Crippen LogP contribution >= 0.6 is 0 Å². The fourth-order valence-corrected chi connectivity index (χ4v) is 2.82. The van der Waals surface area contributed by atoms with Crippen LogP contribution < -0.4 is 10.1 Å². The minimum atomic E-state index is 0.242. The quantitative estimate of drug-likeness (QED) is 0.423. The highest BCUT2D eigenvalue weighted by Gasteiger charge is 2.07. The van der Waals surface area contributed by atoms with E-state index in [0.29, 0.717) is 18.3 Å². The number of rotatable bonds is 6. The lowest BCUT2D eigenvalue weighted by molar-refractivity contribution is 0.294. The molecule has 0 atom stereocenters. The fraction of sp³-hybridized carbons (Fsp3) is 0.0909. The molecule has 3 N–H and O–H groups in total. The molecule has 6 heteroatoms. The summed E-state index contributed by atoms with van der Waals surface area (Å²) in [5.74, 6) is 1.50. The molecule has 0 spiro atoms. The number of pyridine rings is 1. The predicted molar refractivity (Wildman–Crippen MR) is 109 cm³/mol. The standard InChI is InChI=1S/C22H20N4O2/c1-15-11-18(27)8-9-19(15)24-21-12-20(25-26-21)17-7-10-22(23-13-17)28-14-16-5-3-2-4-6-16/h2-13,27H,14H2,1H3,(H2,24,25,26). The molecule has 6 nitrogen and oxygen atoms in total. The van der Waals surface area contributed by atoms with Gasteiger partial charge in [0, 0.05) is 29.6 Å². The monoisotopic (exact) mass is 372 g/mol. The van der Waals surface area contributed by atoms with Crippen molar-refractivity contribution in [2.75, 3.05) is 5.32 Å². The van der Waals surface area contributed by atoms with Crippen LogP contribution in [0.5, 0.6) is 11.6 Å². The summed E-state index contributed by atoms with van der Waals surface area (Å²) in [7, 11) is 0. The Kier molecular flexibility index (Phi) is 4.93. The van der Waals surface area contributed by atoms with Crippen molar-refractivity contribution in [1.29, 1.82) is 0 Å². The van der Waals surface area contributed by atoms with Gasteiger partial charge < -0.3 is 15.2 Å². The van der Waals surface area contributed by atoms with E-state index in [2.05, 4.69) is 20.5 Å². The maximum absolute atomic E-state index is 9.51. The summed E-state index contributed by atoms with van der Waals surface area (Å²) in [6.07, 6.45) is 1.75. The van der Waals surface area contributed by atoms with Gasteiger partial charge in [-0.15, -0.1) is 0 Å². The molecule has 0 bridgehead atoms. The smallest absolute Gasteiger partial charge is 0.213 e. The lowest BCUT2D eigenvalue weighted by Crippen LogP contribution is -1.96. The minimum Gasteiger partial charge on any atom is -0.508 e. The summed E-state index contributed by atoms with van der Waals surface area (Å²) < 4.78 is 5.72. The van der Waals surface area contributed by atoms with E-state index >= 15 is 0 Å². The zero-order valence-corrected chi connectivity index (χ0v) is 15.4. The molecule has 0 amide bonds. The van der Waals surface area contributed by atoms with Gasteiger partial charge in [-0.05, 0) is 42.3 Å². The molecular formula is C22H20N4O2. The number of hydrogen-bond donors (Lipinski definition) is 3. The van der Waals surface area contributed by atoms with Crippen LogP contribution in [0.1, 0.15) is 11.1 Å².